The van der Waals surface area contributed by atoms with Crippen LogP contribution in [0.4, 0.5) is 34.1 Å². The summed E-state index contributed by atoms with van der Waals surface area (Å²) in [5.74, 6) is 2.70. The summed E-state index contributed by atoms with van der Waals surface area (Å²) in [6.07, 6.45) is 10.1. The molecule has 5 aromatic rings. The zero-order valence-corrected chi connectivity index (χ0v) is 36.2. The molecular formula is C54H61BN2. The number of hydrogen-bond acceptors (Lipinski definition) is 2. The third-order valence-electron chi connectivity index (χ3n) is 16.1. The minimum atomic E-state index is 0.0276. The highest BCUT2D eigenvalue weighted by molar-refractivity contribution is 7.00. The molecule has 0 N–H and O–H groups in total. The van der Waals surface area contributed by atoms with E-state index in [0.717, 1.165) is 17.8 Å². The van der Waals surface area contributed by atoms with Crippen molar-refractivity contribution in [1.82, 2.24) is 0 Å². The molecule has 57 heavy (non-hydrogen) atoms. The van der Waals surface area contributed by atoms with Gasteiger partial charge in [0.1, 0.15) is 0 Å². The summed E-state index contributed by atoms with van der Waals surface area (Å²) in [6.45, 7) is 23.4. The highest BCUT2D eigenvalue weighted by Gasteiger charge is 2.66. The van der Waals surface area contributed by atoms with E-state index in [0.29, 0.717) is 5.41 Å². The van der Waals surface area contributed by atoms with Gasteiger partial charge in [-0.25, -0.2) is 0 Å². The fourth-order valence-corrected chi connectivity index (χ4v) is 13.8. The topological polar surface area (TPSA) is 6.48 Å². The molecule has 3 heteroatoms. The molecule has 11 rings (SSSR count). The molecule has 290 valence electrons. The summed E-state index contributed by atoms with van der Waals surface area (Å²) in [4.78, 5) is 5.40. The molecule has 0 saturated heterocycles. The molecule has 0 radical (unpaired) electrons. The van der Waals surface area contributed by atoms with E-state index in [4.69, 9.17) is 0 Å². The lowest BCUT2D eigenvalue weighted by Gasteiger charge is -2.51. The van der Waals surface area contributed by atoms with E-state index >= 15 is 0 Å². The van der Waals surface area contributed by atoms with Crippen LogP contribution in [0.15, 0.2) is 84.9 Å². The van der Waals surface area contributed by atoms with Gasteiger partial charge in [-0.15, -0.1) is 0 Å². The molecule has 4 saturated carbocycles. The van der Waals surface area contributed by atoms with E-state index in [-0.39, 0.29) is 23.0 Å². The van der Waals surface area contributed by atoms with Gasteiger partial charge < -0.3 is 9.80 Å². The number of hydrogen-bond donors (Lipinski definition) is 0. The lowest BCUT2D eigenvalue weighted by Crippen LogP contribution is -2.62. The Balaban J connectivity index is 1.26. The van der Waals surface area contributed by atoms with E-state index in [2.05, 4.69) is 164 Å². The summed E-state index contributed by atoms with van der Waals surface area (Å²) in [5, 5.41) is 0. The summed E-state index contributed by atoms with van der Waals surface area (Å²) >= 11 is 0. The Morgan fingerprint density at radius 1 is 0.544 bits per heavy atom. The van der Waals surface area contributed by atoms with Gasteiger partial charge in [-0.1, -0.05) is 77.9 Å². The number of anilines is 6. The van der Waals surface area contributed by atoms with Crippen molar-refractivity contribution in [3.63, 3.8) is 0 Å². The quantitative estimate of drug-likeness (QED) is 0.166. The van der Waals surface area contributed by atoms with Crippen LogP contribution in [0.3, 0.4) is 0 Å². The van der Waals surface area contributed by atoms with Crippen LogP contribution in [0.2, 0.25) is 0 Å². The third kappa shape index (κ3) is 5.22. The van der Waals surface area contributed by atoms with Gasteiger partial charge in [0.25, 0.3) is 6.71 Å². The minimum absolute atomic E-state index is 0.0276. The predicted octanol–water partition coefficient (Wildman–Crippen LogP) is 12.5. The van der Waals surface area contributed by atoms with Crippen LogP contribution >= 0.6 is 0 Å². The van der Waals surface area contributed by atoms with Gasteiger partial charge in [0.15, 0.2) is 0 Å². The normalized spacial score (nSPS) is 26.5. The second kappa shape index (κ2) is 11.7. The van der Waals surface area contributed by atoms with Crippen molar-refractivity contribution in [2.75, 3.05) is 9.80 Å². The molecule has 4 aliphatic carbocycles. The number of benzene rings is 5. The average Bonchev–Trinajstić information content (AvgIpc) is 3.68. The van der Waals surface area contributed by atoms with Crippen molar-refractivity contribution in [2.45, 2.75) is 130 Å². The van der Waals surface area contributed by atoms with Crippen molar-refractivity contribution in [3.05, 3.63) is 124 Å². The number of aryl methyl sites for hydroxylation is 4. The van der Waals surface area contributed by atoms with E-state index in [1.165, 1.54) is 129 Å². The molecule has 5 aromatic carbocycles. The largest absolute Gasteiger partial charge is 0.311 e. The molecule has 2 heterocycles. The Bertz CT molecular complexity index is 2340. The van der Waals surface area contributed by atoms with Crippen molar-refractivity contribution >= 4 is 57.2 Å². The molecule has 4 fully saturated rings. The SMILES string of the molecule is Cc1cc(C)cc(N2c3ccc(C(C)(C)C)cc3B3c4cc(C(C)(C)C)ccc4N(c4cc(C)cc(C)c4)c4cc(C56CC7CCC8(C7)CC(C5)C8C6)cc2c43)c1. The van der Waals surface area contributed by atoms with Gasteiger partial charge in [-0.2, -0.15) is 0 Å². The van der Waals surface area contributed by atoms with Crippen LogP contribution in [-0.4, -0.2) is 6.71 Å². The number of fused-ring (bicyclic) bond motifs is 6. The third-order valence-corrected chi connectivity index (χ3v) is 16.1. The Labute approximate surface area is 343 Å². The lowest BCUT2D eigenvalue weighted by molar-refractivity contribution is -0.0178. The molecule has 2 nitrogen and oxygen atoms in total. The van der Waals surface area contributed by atoms with Crippen LogP contribution in [0.5, 0.6) is 0 Å². The lowest BCUT2D eigenvalue weighted by atomic mass is 9.33. The summed E-state index contributed by atoms with van der Waals surface area (Å²) in [6, 6.07) is 34.9. The van der Waals surface area contributed by atoms with Crippen LogP contribution in [-0.2, 0) is 16.2 Å². The fourth-order valence-electron chi connectivity index (χ4n) is 13.8. The Morgan fingerprint density at radius 2 is 1.05 bits per heavy atom. The fraction of sp³-hybridized carbons (Fsp3) is 0.444. The van der Waals surface area contributed by atoms with Gasteiger partial charge in [0.05, 0.1) is 0 Å². The monoisotopic (exact) mass is 748 g/mol. The minimum Gasteiger partial charge on any atom is -0.311 e. The Morgan fingerprint density at radius 3 is 1.54 bits per heavy atom. The maximum atomic E-state index is 2.75. The van der Waals surface area contributed by atoms with E-state index in [1.54, 1.807) is 5.56 Å². The highest BCUT2D eigenvalue weighted by Crippen LogP contribution is 2.75. The number of rotatable bonds is 3. The summed E-state index contributed by atoms with van der Waals surface area (Å²) < 4.78 is 0. The van der Waals surface area contributed by atoms with Crippen LogP contribution in [0, 0.1) is 50.9 Å². The Hall–Kier alpha value is -4.24. The van der Waals surface area contributed by atoms with Crippen LogP contribution in [0.1, 0.15) is 125 Å². The first-order valence-corrected chi connectivity index (χ1v) is 22.2. The van der Waals surface area contributed by atoms with Crippen molar-refractivity contribution in [2.24, 2.45) is 23.2 Å². The molecule has 0 amide bonds. The molecule has 0 aromatic heterocycles. The molecule has 5 unspecified atom stereocenters. The molecule has 5 atom stereocenters. The van der Waals surface area contributed by atoms with Crippen molar-refractivity contribution in [3.8, 4) is 0 Å². The average molecular weight is 749 g/mol. The van der Waals surface area contributed by atoms with Crippen molar-refractivity contribution < 1.29 is 0 Å². The summed E-state index contributed by atoms with van der Waals surface area (Å²) in [5.41, 5.74) is 23.0. The molecule has 2 aliphatic heterocycles. The van der Waals surface area contributed by atoms with Crippen LogP contribution < -0.4 is 26.2 Å². The first-order valence-electron chi connectivity index (χ1n) is 22.2. The van der Waals surface area contributed by atoms with E-state index in [1.807, 2.05) is 0 Å². The second-order valence-electron chi connectivity index (χ2n) is 22.2. The highest BCUT2D eigenvalue weighted by atomic mass is 15.2. The maximum Gasteiger partial charge on any atom is 0.252 e. The summed E-state index contributed by atoms with van der Waals surface area (Å²) in [7, 11) is 0. The van der Waals surface area contributed by atoms with Gasteiger partial charge in [-0.05, 0) is 216 Å². The first kappa shape index (κ1) is 35.9. The van der Waals surface area contributed by atoms with E-state index in [9.17, 15) is 0 Å². The van der Waals surface area contributed by atoms with Gasteiger partial charge in [0, 0.05) is 34.1 Å². The Kier molecular flexibility index (Phi) is 7.37. The smallest absolute Gasteiger partial charge is 0.252 e. The van der Waals surface area contributed by atoms with Crippen molar-refractivity contribution in [1.29, 1.82) is 0 Å². The standard InChI is InChI=1S/C54H61BN2/c1-32-17-33(2)20-41(19-32)56-46-13-11-38(51(5,6)7)23-44(46)55-45-24-39(52(8,9)10)12-14-47(45)57(42-21-34(3)18-35(4)22-42)49-26-40(25-48(56)50(49)55)54-28-36-15-16-53(27-36)29-37(30-54)43(53)31-54/h11-14,17-26,36-37,43H,15-16,27-31H2,1-10H3. The molecule has 6 aliphatic rings. The van der Waals surface area contributed by atoms with Crippen LogP contribution in [0.25, 0.3) is 0 Å². The molecule has 4 bridgehead atoms. The second-order valence-corrected chi connectivity index (χ2v) is 22.2. The van der Waals surface area contributed by atoms with Gasteiger partial charge in [-0.3, -0.25) is 0 Å². The maximum absolute atomic E-state index is 2.75. The molecular weight excluding hydrogens is 687 g/mol. The zero-order valence-electron chi connectivity index (χ0n) is 36.2. The van der Waals surface area contributed by atoms with Gasteiger partial charge in [0.2, 0.25) is 0 Å². The number of nitrogens with zero attached hydrogens (tertiary/aromatic N) is 2. The first-order chi connectivity index (χ1) is 27.0. The zero-order chi connectivity index (χ0) is 39.6. The van der Waals surface area contributed by atoms with E-state index < -0.39 is 0 Å². The predicted molar refractivity (Wildman–Crippen MR) is 244 cm³/mol. The van der Waals surface area contributed by atoms with Gasteiger partial charge >= 0.3 is 0 Å². The molecule has 1 spiro atoms.